The lowest BCUT2D eigenvalue weighted by molar-refractivity contribution is -0.133. The molecule has 6 nitrogen and oxygen atoms in total. The number of aryl methyl sites for hydroxylation is 1. The zero-order valence-corrected chi connectivity index (χ0v) is 14.6. The van der Waals surface area contributed by atoms with E-state index in [9.17, 15) is 9.59 Å². The number of carbonyl (C=O) groups is 2. The summed E-state index contributed by atoms with van der Waals surface area (Å²) in [5.74, 6) is -0.0840. The Morgan fingerprint density at radius 1 is 1.36 bits per heavy atom. The highest BCUT2D eigenvalue weighted by molar-refractivity contribution is 5.84. The molecule has 1 aromatic carbocycles. The number of hydrazine groups is 1. The fourth-order valence-corrected chi connectivity index (χ4v) is 2.98. The third-order valence-corrected chi connectivity index (χ3v) is 4.51. The summed E-state index contributed by atoms with van der Waals surface area (Å²) in [5.41, 5.74) is 6.26. The molecule has 0 radical (unpaired) electrons. The summed E-state index contributed by atoms with van der Waals surface area (Å²) >= 11 is 0. The van der Waals surface area contributed by atoms with Gasteiger partial charge in [0.05, 0.1) is 18.3 Å². The second-order valence-corrected chi connectivity index (χ2v) is 6.53. The predicted octanol–water partition coefficient (Wildman–Crippen LogP) is 1.76. The van der Waals surface area contributed by atoms with Crippen molar-refractivity contribution >= 4 is 17.5 Å². The SMILES string of the molecule is Cc1ccc(C2=CCC(=O)N(CCC(=O)NCC3CCCO3)N2)cc1. The number of carbonyl (C=O) groups excluding carboxylic acids is 2. The van der Waals surface area contributed by atoms with Crippen LogP contribution in [0.15, 0.2) is 30.3 Å². The number of ether oxygens (including phenoxy) is 1. The van der Waals surface area contributed by atoms with Crippen molar-refractivity contribution in [3.05, 3.63) is 41.5 Å². The number of hydrogen-bond donors (Lipinski definition) is 2. The normalized spacial score (nSPS) is 20.2. The summed E-state index contributed by atoms with van der Waals surface area (Å²) < 4.78 is 5.49. The lowest BCUT2D eigenvalue weighted by Gasteiger charge is -2.29. The topological polar surface area (TPSA) is 70.7 Å². The van der Waals surface area contributed by atoms with Crippen LogP contribution in [0.2, 0.25) is 0 Å². The highest BCUT2D eigenvalue weighted by atomic mass is 16.5. The number of benzene rings is 1. The van der Waals surface area contributed by atoms with Crippen LogP contribution in [0, 0.1) is 6.92 Å². The average molecular weight is 343 g/mol. The van der Waals surface area contributed by atoms with Gasteiger partial charge in [-0.25, -0.2) is 0 Å². The van der Waals surface area contributed by atoms with Crippen LogP contribution in [-0.2, 0) is 14.3 Å². The van der Waals surface area contributed by atoms with Crippen LogP contribution >= 0.6 is 0 Å². The van der Waals surface area contributed by atoms with Gasteiger partial charge in [-0.1, -0.05) is 29.8 Å². The van der Waals surface area contributed by atoms with Crippen LogP contribution in [0.4, 0.5) is 0 Å². The molecule has 2 N–H and O–H groups in total. The van der Waals surface area contributed by atoms with E-state index >= 15 is 0 Å². The molecule has 0 aliphatic carbocycles. The number of nitrogens with zero attached hydrogens (tertiary/aromatic N) is 1. The molecule has 2 aliphatic heterocycles. The Labute approximate surface area is 148 Å². The molecule has 0 bridgehead atoms. The van der Waals surface area contributed by atoms with Crippen LogP contribution < -0.4 is 10.7 Å². The van der Waals surface area contributed by atoms with Crippen molar-refractivity contribution in [3.63, 3.8) is 0 Å². The quantitative estimate of drug-likeness (QED) is 0.826. The number of hydrogen-bond acceptors (Lipinski definition) is 4. The zero-order chi connectivity index (χ0) is 17.6. The van der Waals surface area contributed by atoms with E-state index < -0.39 is 0 Å². The Balaban J connectivity index is 1.48. The number of nitrogens with one attached hydrogen (secondary N) is 2. The van der Waals surface area contributed by atoms with E-state index in [0.717, 1.165) is 30.7 Å². The van der Waals surface area contributed by atoms with Crippen molar-refractivity contribution < 1.29 is 14.3 Å². The fraction of sp³-hybridized carbons (Fsp3) is 0.474. The minimum absolute atomic E-state index is 0.0252. The van der Waals surface area contributed by atoms with Gasteiger partial charge in [0.2, 0.25) is 11.8 Å². The van der Waals surface area contributed by atoms with Gasteiger partial charge in [-0.3, -0.25) is 20.0 Å². The van der Waals surface area contributed by atoms with Crippen LogP contribution in [0.1, 0.15) is 36.8 Å². The first-order chi connectivity index (χ1) is 12.1. The highest BCUT2D eigenvalue weighted by Gasteiger charge is 2.21. The van der Waals surface area contributed by atoms with Crippen LogP contribution in [-0.4, -0.2) is 42.6 Å². The Morgan fingerprint density at radius 3 is 2.88 bits per heavy atom. The monoisotopic (exact) mass is 343 g/mol. The molecule has 1 saturated heterocycles. The molecule has 1 aromatic rings. The van der Waals surface area contributed by atoms with Crippen molar-refractivity contribution in [1.82, 2.24) is 15.8 Å². The smallest absolute Gasteiger partial charge is 0.244 e. The lowest BCUT2D eigenvalue weighted by Crippen LogP contribution is -2.46. The van der Waals surface area contributed by atoms with E-state index in [0.29, 0.717) is 19.5 Å². The maximum atomic E-state index is 12.1. The van der Waals surface area contributed by atoms with Crippen molar-refractivity contribution in [1.29, 1.82) is 0 Å². The van der Waals surface area contributed by atoms with Crippen LogP contribution in [0.25, 0.3) is 5.70 Å². The lowest BCUT2D eigenvalue weighted by atomic mass is 10.1. The molecule has 0 spiro atoms. The zero-order valence-electron chi connectivity index (χ0n) is 14.6. The Bertz CT molecular complexity index is 648. The van der Waals surface area contributed by atoms with Crippen LogP contribution in [0.5, 0.6) is 0 Å². The van der Waals surface area contributed by atoms with E-state index in [1.165, 1.54) is 10.6 Å². The number of rotatable bonds is 6. The van der Waals surface area contributed by atoms with E-state index in [-0.39, 0.29) is 24.3 Å². The van der Waals surface area contributed by atoms with Crippen molar-refractivity contribution in [2.45, 2.75) is 38.7 Å². The second kappa shape index (κ2) is 8.16. The van der Waals surface area contributed by atoms with Crippen molar-refractivity contribution in [2.75, 3.05) is 19.7 Å². The molecule has 25 heavy (non-hydrogen) atoms. The Kier molecular flexibility index (Phi) is 5.71. The van der Waals surface area contributed by atoms with E-state index in [4.69, 9.17) is 4.74 Å². The molecule has 134 valence electrons. The molecule has 1 fully saturated rings. The predicted molar refractivity (Wildman–Crippen MR) is 95.2 cm³/mol. The first kappa shape index (κ1) is 17.5. The third kappa shape index (κ3) is 4.82. The average Bonchev–Trinajstić information content (AvgIpc) is 3.13. The van der Waals surface area contributed by atoms with Crippen LogP contribution in [0.3, 0.4) is 0 Å². The van der Waals surface area contributed by atoms with Gasteiger partial charge in [-0.05, 0) is 31.4 Å². The Hall–Kier alpha value is -2.34. The maximum Gasteiger partial charge on any atom is 0.244 e. The molecular weight excluding hydrogens is 318 g/mol. The molecule has 1 atom stereocenters. The first-order valence-corrected chi connectivity index (χ1v) is 8.84. The summed E-state index contributed by atoms with van der Waals surface area (Å²) in [5, 5.41) is 4.41. The molecule has 0 saturated carbocycles. The van der Waals surface area contributed by atoms with E-state index in [2.05, 4.69) is 10.7 Å². The van der Waals surface area contributed by atoms with Gasteiger partial charge in [0.1, 0.15) is 0 Å². The van der Waals surface area contributed by atoms with Gasteiger partial charge in [-0.15, -0.1) is 0 Å². The molecule has 2 heterocycles. The Morgan fingerprint density at radius 2 is 2.16 bits per heavy atom. The maximum absolute atomic E-state index is 12.1. The van der Waals surface area contributed by atoms with Gasteiger partial charge in [0.15, 0.2) is 0 Å². The molecule has 3 rings (SSSR count). The standard InChI is InChI=1S/C19H25N3O3/c1-14-4-6-15(7-5-14)17-8-9-19(24)22(21-17)11-10-18(23)20-13-16-3-2-12-25-16/h4-8,16,21H,2-3,9-13H2,1H3,(H,20,23). The van der Waals surface area contributed by atoms with Crippen molar-refractivity contribution in [2.24, 2.45) is 0 Å². The molecule has 2 aliphatic rings. The largest absolute Gasteiger partial charge is 0.376 e. The van der Waals surface area contributed by atoms with Gasteiger partial charge in [0.25, 0.3) is 0 Å². The van der Waals surface area contributed by atoms with Gasteiger partial charge in [-0.2, -0.15) is 0 Å². The van der Waals surface area contributed by atoms with E-state index in [1.54, 1.807) is 0 Å². The van der Waals surface area contributed by atoms with Gasteiger partial charge >= 0.3 is 0 Å². The fourth-order valence-electron chi connectivity index (χ4n) is 2.98. The summed E-state index contributed by atoms with van der Waals surface area (Å²) in [4.78, 5) is 24.1. The molecule has 6 heteroatoms. The van der Waals surface area contributed by atoms with Gasteiger partial charge < -0.3 is 10.1 Å². The summed E-state index contributed by atoms with van der Waals surface area (Å²) in [6, 6.07) is 8.13. The summed E-state index contributed by atoms with van der Waals surface area (Å²) in [6.45, 7) is 3.71. The molecular formula is C19H25N3O3. The second-order valence-electron chi connectivity index (χ2n) is 6.53. The number of amides is 2. The highest BCUT2D eigenvalue weighted by Crippen LogP contribution is 2.18. The van der Waals surface area contributed by atoms with E-state index in [1.807, 2.05) is 37.3 Å². The molecule has 0 aromatic heterocycles. The van der Waals surface area contributed by atoms with Crippen molar-refractivity contribution in [3.8, 4) is 0 Å². The minimum Gasteiger partial charge on any atom is -0.376 e. The molecule has 2 amide bonds. The van der Waals surface area contributed by atoms with Gasteiger partial charge in [0, 0.05) is 26.0 Å². The molecule has 1 unspecified atom stereocenters. The summed E-state index contributed by atoms with van der Waals surface area (Å²) in [7, 11) is 0. The third-order valence-electron chi connectivity index (χ3n) is 4.51. The summed E-state index contributed by atoms with van der Waals surface area (Å²) in [6.07, 6.45) is 4.69. The first-order valence-electron chi connectivity index (χ1n) is 8.84. The minimum atomic E-state index is -0.0588.